The molecule has 0 aliphatic rings. The second-order valence-electron chi connectivity index (χ2n) is 2.87. The first-order chi connectivity index (χ1) is 4.95. The Balaban J connectivity index is 4.12. The van der Waals surface area contributed by atoms with E-state index in [1.165, 1.54) is 0 Å². The second kappa shape index (κ2) is 4.39. The highest BCUT2D eigenvalue weighted by Gasteiger charge is 2.17. The Morgan fingerprint density at radius 3 is 2.09 bits per heavy atom. The molecule has 0 heterocycles. The average molecular weight is 177 g/mol. The highest BCUT2D eigenvalue weighted by atomic mass is 35.5. The first-order valence-corrected chi connectivity index (χ1v) is 3.84. The van der Waals surface area contributed by atoms with Gasteiger partial charge in [0.2, 0.25) is 0 Å². The third-order valence-electron chi connectivity index (χ3n) is 1.31. The Kier molecular flexibility index (Phi) is 4.19. The van der Waals surface area contributed by atoms with Crippen LogP contribution in [0.1, 0.15) is 20.8 Å². The van der Waals surface area contributed by atoms with Crippen molar-refractivity contribution in [3.63, 3.8) is 0 Å². The molecule has 0 saturated carbocycles. The van der Waals surface area contributed by atoms with E-state index < -0.39 is 5.43 Å². The minimum atomic E-state index is -0.772. The van der Waals surface area contributed by atoms with Crippen molar-refractivity contribution >= 4 is 17.0 Å². The summed E-state index contributed by atoms with van der Waals surface area (Å²) < 4.78 is 4.80. The number of ether oxygens (including phenoxy) is 1. The van der Waals surface area contributed by atoms with Crippen LogP contribution in [0, 0.1) is 5.92 Å². The zero-order valence-corrected chi connectivity index (χ0v) is 7.81. The molecule has 0 aromatic carbocycles. The Morgan fingerprint density at radius 1 is 1.55 bits per heavy atom. The summed E-state index contributed by atoms with van der Waals surface area (Å²) in [6, 6.07) is 0. The molecule has 0 aliphatic carbocycles. The van der Waals surface area contributed by atoms with Crippen LogP contribution < -0.4 is 0 Å². The van der Waals surface area contributed by atoms with Crippen LogP contribution in [-0.2, 0) is 4.74 Å². The quantitative estimate of drug-likeness (QED) is 0.488. The normalized spacial score (nSPS) is 12.8. The Bertz CT molecular complexity index is 163. The number of carbonyl (C=O) groups is 1. The van der Waals surface area contributed by atoms with Gasteiger partial charge in [0.1, 0.15) is 6.10 Å². The van der Waals surface area contributed by atoms with Gasteiger partial charge in [0, 0.05) is 11.6 Å². The van der Waals surface area contributed by atoms with E-state index in [0.717, 1.165) is 5.57 Å². The molecule has 0 rings (SSSR count). The summed E-state index contributed by atoms with van der Waals surface area (Å²) >= 11 is 5.06. The van der Waals surface area contributed by atoms with Crippen molar-refractivity contribution in [2.24, 2.45) is 5.92 Å². The number of hydrogen-bond donors (Lipinski definition) is 0. The number of halogens is 1. The second-order valence-corrected chi connectivity index (χ2v) is 3.18. The van der Waals surface area contributed by atoms with Crippen molar-refractivity contribution in [2.45, 2.75) is 26.9 Å². The predicted molar refractivity (Wildman–Crippen MR) is 45.8 cm³/mol. The average Bonchev–Trinajstić information content (AvgIpc) is 1.81. The van der Waals surface area contributed by atoms with Crippen LogP contribution >= 0.6 is 11.6 Å². The van der Waals surface area contributed by atoms with Crippen LogP contribution in [0.4, 0.5) is 4.79 Å². The molecule has 1 atom stereocenters. The first kappa shape index (κ1) is 10.5. The lowest BCUT2D eigenvalue weighted by Crippen LogP contribution is -2.21. The van der Waals surface area contributed by atoms with Crippen LogP contribution in [0.2, 0.25) is 0 Å². The Labute approximate surface area is 72.2 Å². The van der Waals surface area contributed by atoms with E-state index >= 15 is 0 Å². The zero-order valence-electron chi connectivity index (χ0n) is 7.06. The van der Waals surface area contributed by atoms with Gasteiger partial charge in [-0.15, -0.1) is 0 Å². The van der Waals surface area contributed by atoms with Crippen molar-refractivity contribution in [2.75, 3.05) is 0 Å². The maximum atomic E-state index is 10.4. The summed E-state index contributed by atoms with van der Waals surface area (Å²) in [4.78, 5) is 10.4. The molecule has 0 aromatic rings. The van der Waals surface area contributed by atoms with Crippen LogP contribution in [0.3, 0.4) is 0 Å². The maximum absolute atomic E-state index is 10.4. The topological polar surface area (TPSA) is 26.3 Å². The van der Waals surface area contributed by atoms with Gasteiger partial charge < -0.3 is 4.74 Å². The highest BCUT2D eigenvalue weighted by Crippen LogP contribution is 2.15. The van der Waals surface area contributed by atoms with Gasteiger partial charge in [0.25, 0.3) is 0 Å². The monoisotopic (exact) mass is 176 g/mol. The molecule has 0 aliphatic heterocycles. The van der Waals surface area contributed by atoms with Crippen molar-refractivity contribution in [1.29, 1.82) is 0 Å². The third-order valence-corrected chi connectivity index (χ3v) is 1.40. The molecule has 0 spiro atoms. The lowest BCUT2D eigenvalue weighted by atomic mass is 10.0. The van der Waals surface area contributed by atoms with E-state index in [2.05, 4.69) is 6.58 Å². The van der Waals surface area contributed by atoms with Gasteiger partial charge in [-0.1, -0.05) is 20.4 Å². The molecular formula is C8H13ClO2. The molecule has 11 heavy (non-hydrogen) atoms. The fourth-order valence-corrected chi connectivity index (χ4v) is 1.00. The smallest absolute Gasteiger partial charge is 0.404 e. The van der Waals surface area contributed by atoms with Gasteiger partial charge in [0.15, 0.2) is 0 Å². The van der Waals surface area contributed by atoms with Gasteiger partial charge in [0.05, 0.1) is 0 Å². The van der Waals surface area contributed by atoms with Crippen molar-refractivity contribution in [3.05, 3.63) is 12.2 Å². The van der Waals surface area contributed by atoms with E-state index in [1.807, 2.05) is 20.8 Å². The summed E-state index contributed by atoms with van der Waals surface area (Å²) in [5, 5.41) is 0. The molecule has 0 saturated heterocycles. The number of hydrogen-bond acceptors (Lipinski definition) is 2. The van der Waals surface area contributed by atoms with E-state index in [1.54, 1.807) is 0 Å². The molecule has 2 nitrogen and oxygen atoms in total. The fourth-order valence-electron chi connectivity index (χ4n) is 0.906. The van der Waals surface area contributed by atoms with Crippen molar-refractivity contribution in [3.8, 4) is 0 Å². The summed E-state index contributed by atoms with van der Waals surface area (Å²) in [7, 11) is 0. The van der Waals surface area contributed by atoms with Crippen LogP contribution in [0.25, 0.3) is 0 Å². The van der Waals surface area contributed by atoms with Crippen LogP contribution in [-0.4, -0.2) is 11.5 Å². The molecule has 0 radical (unpaired) electrons. The summed E-state index contributed by atoms with van der Waals surface area (Å²) in [5.74, 6) is 0.218. The molecule has 0 fully saturated rings. The van der Waals surface area contributed by atoms with Crippen molar-refractivity contribution < 1.29 is 9.53 Å². The molecule has 0 aromatic heterocycles. The van der Waals surface area contributed by atoms with Gasteiger partial charge in [-0.3, -0.25) is 0 Å². The van der Waals surface area contributed by atoms with E-state index in [0.29, 0.717) is 0 Å². The zero-order chi connectivity index (χ0) is 9.02. The maximum Gasteiger partial charge on any atom is 0.404 e. The lowest BCUT2D eigenvalue weighted by molar-refractivity contribution is 0.114. The molecular weight excluding hydrogens is 164 g/mol. The van der Waals surface area contributed by atoms with E-state index in [4.69, 9.17) is 16.3 Å². The first-order valence-electron chi connectivity index (χ1n) is 3.46. The van der Waals surface area contributed by atoms with E-state index in [-0.39, 0.29) is 12.0 Å². The van der Waals surface area contributed by atoms with Gasteiger partial charge >= 0.3 is 5.43 Å². The predicted octanol–water partition coefficient (Wildman–Crippen LogP) is 2.96. The standard InChI is InChI=1S/C8H13ClO2/c1-5(2)7(6(3)4)11-8(9)10/h6-7H,1H2,2-4H3/t7-/m1/s1. The number of carbonyl (C=O) groups excluding carboxylic acids is 1. The highest BCUT2D eigenvalue weighted by molar-refractivity contribution is 6.61. The summed E-state index contributed by atoms with van der Waals surface area (Å²) in [6.07, 6.45) is -0.264. The van der Waals surface area contributed by atoms with Crippen molar-refractivity contribution in [1.82, 2.24) is 0 Å². The third kappa shape index (κ3) is 4.04. The van der Waals surface area contributed by atoms with Crippen LogP contribution in [0.15, 0.2) is 12.2 Å². The molecule has 0 amide bonds. The lowest BCUT2D eigenvalue weighted by Gasteiger charge is -2.19. The van der Waals surface area contributed by atoms with Crippen LogP contribution in [0.5, 0.6) is 0 Å². The fraction of sp³-hybridized carbons (Fsp3) is 0.625. The Morgan fingerprint density at radius 2 is 2.00 bits per heavy atom. The van der Waals surface area contributed by atoms with Gasteiger partial charge in [-0.25, -0.2) is 4.79 Å². The summed E-state index contributed by atoms with van der Waals surface area (Å²) in [5.41, 5.74) is 0.0423. The molecule has 64 valence electrons. The van der Waals surface area contributed by atoms with Gasteiger partial charge in [-0.2, -0.15) is 0 Å². The number of rotatable bonds is 3. The minimum Gasteiger partial charge on any atom is -0.446 e. The molecule has 0 N–H and O–H groups in total. The molecule has 0 bridgehead atoms. The summed E-state index contributed by atoms with van der Waals surface area (Å²) in [6.45, 7) is 9.39. The largest absolute Gasteiger partial charge is 0.446 e. The Hall–Kier alpha value is -0.500. The molecule has 3 heteroatoms. The minimum absolute atomic E-state index is 0.218. The molecule has 0 unspecified atom stereocenters. The SMILES string of the molecule is C=C(C)[C@@H](OC(=O)Cl)C(C)C. The van der Waals surface area contributed by atoms with E-state index in [9.17, 15) is 4.79 Å². The van der Waals surface area contributed by atoms with Gasteiger partial charge in [-0.05, 0) is 18.4 Å².